The molecular weight excluding hydrogens is 188 g/mol. The van der Waals surface area contributed by atoms with E-state index in [-0.39, 0.29) is 11.8 Å². The Hall–Kier alpha value is -1.38. The summed E-state index contributed by atoms with van der Waals surface area (Å²) < 4.78 is 0. The van der Waals surface area contributed by atoms with Gasteiger partial charge in [0.05, 0.1) is 0 Å². The van der Waals surface area contributed by atoms with Crippen LogP contribution in [0, 0.1) is 5.92 Å². The van der Waals surface area contributed by atoms with Crippen LogP contribution >= 0.6 is 0 Å². The Morgan fingerprint density at radius 3 is 3.00 bits per heavy atom. The first-order valence-electron chi connectivity index (χ1n) is 5.40. The van der Waals surface area contributed by atoms with E-state index in [0.717, 1.165) is 18.4 Å². The molecule has 3 heteroatoms. The number of nitrogens with zero attached hydrogens (tertiary/aromatic N) is 1. The minimum atomic E-state index is 0.103. The van der Waals surface area contributed by atoms with Gasteiger partial charge in [-0.05, 0) is 18.1 Å². The van der Waals surface area contributed by atoms with E-state index in [1.165, 1.54) is 0 Å². The van der Waals surface area contributed by atoms with Crippen LogP contribution in [0.5, 0.6) is 0 Å². The zero-order chi connectivity index (χ0) is 11.1. The average Bonchev–Trinajstić information content (AvgIpc) is 2.27. The smallest absolute Gasteiger partial charge is 0.223 e. The number of hydrogen-bond acceptors (Lipinski definition) is 2. The van der Waals surface area contributed by atoms with E-state index in [9.17, 15) is 4.79 Å². The fraction of sp³-hybridized carbons (Fsp3) is 0.500. The molecule has 1 atom stereocenters. The highest BCUT2D eigenvalue weighted by Gasteiger charge is 2.10. The maximum absolute atomic E-state index is 11.6. The van der Waals surface area contributed by atoms with Gasteiger partial charge in [0.1, 0.15) is 0 Å². The second-order valence-electron chi connectivity index (χ2n) is 3.77. The third kappa shape index (κ3) is 4.11. The van der Waals surface area contributed by atoms with Gasteiger partial charge in [0.2, 0.25) is 5.91 Å². The number of amides is 1. The molecule has 0 saturated carbocycles. The van der Waals surface area contributed by atoms with Crippen molar-refractivity contribution in [2.45, 2.75) is 33.2 Å². The SMILES string of the molecule is CCC[C@@H](C)C(=O)NCc1cccnc1. The van der Waals surface area contributed by atoms with Crippen molar-refractivity contribution in [2.24, 2.45) is 5.92 Å². The molecule has 1 aromatic rings. The lowest BCUT2D eigenvalue weighted by atomic mass is 10.1. The van der Waals surface area contributed by atoms with Crippen molar-refractivity contribution in [3.63, 3.8) is 0 Å². The molecule has 15 heavy (non-hydrogen) atoms. The van der Waals surface area contributed by atoms with Crippen molar-refractivity contribution in [1.82, 2.24) is 10.3 Å². The van der Waals surface area contributed by atoms with E-state index < -0.39 is 0 Å². The number of carbonyl (C=O) groups excluding carboxylic acids is 1. The molecule has 1 N–H and O–H groups in total. The lowest BCUT2D eigenvalue weighted by Crippen LogP contribution is -2.28. The van der Waals surface area contributed by atoms with Gasteiger partial charge in [-0.25, -0.2) is 0 Å². The van der Waals surface area contributed by atoms with Crippen molar-refractivity contribution in [3.05, 3.63) is 30.1 Å². The third-order valence-electron chi connectivity index (χ3n) is 2.36. The van der Waals surface area contributed by atoms with E-state index in [1.807, 2.05) is 19.1 Å². The predicted octanol–water partition coefficient (Wildman–Crippen LogP) is 2.13. The molecule has 82 valence electrons. The predicted molar refractivity (Wildman–Crippen MR) is 60.2 cm³/mol. The largest absolute Gasteiger partial charge is 0.352 e. The molecule has 3 nitrogen and oxygen atoms in total. The summed E-state index contributed by atoms with van der Waals surface area (Å²) in [7, 11) is 0. The lowest BCUT2D eigenvalue weighted by Gasteiger charge is -2.10. The Kier molecular flexibility index (Phi) is 4.81. The second-order valence-corrected chi connectivity index (χ2v) is 3.77. The molecule has 0 aliphatic carbocycles. The maximum Gasteiger partial charge on any atom is 0.223 e. The van der Waals surface area contributed by atoms with Gasteiger partial charge < -0.3 is 5.32 Å². The highest BCUT2D eigenvalue weighted by Crippen LogP contribution is 2.05. The summed E-state index contributed by atoms with van der Waals surface area (Å²) in [4.78, 5) is 15.6. The van der Waals surface area contributed by atoms with Crippen molar-refractivity contribution < 1.29 is 4.79 Å². The second kappa shape index (κ2) is 6.17. The van der Waals surface area contributed by atoms with Crippen molar-refractivity contribution in [2.75, 3.05) is 0 Å². The molecule has 0 aromatic carbocycles. The van der Waals surface area contributed by atoms with Crippen LogP contribution in [0.4, 0.5) is 0 Å². The first-order valence-corrected chi connectivity index (χ1v) is 5.40. The molecule has 0 fully saturated rings. The summed E-state index contributed by atoms with van der Waals surface area (Å²) in [6.45, 7) is 4.62. The van der Waals surface area contributed by atoms with Crippen molar-refractivity contribution in [1.29, 1.82) is 0 Å². The van der Waals surface area contributed by atoms with Crippen molar-refractivity contribution in [3.8, 4) is 0 Å². The molecule has 0 bridgehead atoms. The van der Waals surface area contributed by atoms with Gasteiger partial charge >= 0.3 is 0 Å². The van der Waals surface area contributed by atoms with Gasteiger partial charge in [0.15, 0.2) is 0 Å². The zero-order valence-electron chi connectivity index (χ0n) is 9.36. The highest BCUT2D eigenvalue weighted by molar-refractivity contribution is 5.78. The van der Waals surface area contributed by atoms with E-state index in [0.29, 0.717) is 6.54 Å². The molecule has 1 rings (SSSR count). The Morgan fingerprint density at radius 2 is 2.40 bits per heavy atom. The summed E-state index contributed by atoms with van der Waals surface area (Å²) in [5.41, 5.74) is 1.04. The fourth-order valence-corrected chi connectivity index (χ4v) is 1.43. The molecular formula is C12H18N2O. The van der Waals surface area contributed by atoms with Crippen LogP contribution in [0.15, 0.2) is 24.5 Å². The summed E-state index contributed by atoms with van der Waals surface area (Å²) in [5.74, 6) is 0.229. The molecule has 1 heterocycles. The van der Waals surface area contributed by atoms with E-state index >= 15 is 0 Å². The first kappa shape index (κ1) is 11.7. The van der Waals surface area contributed by atoms with Gasteiger partial charge in [-0.1, -0.05) is 26.3 Å². The average molecular weight is 206 g/mol. The Bertz CT molecular complexity index is 298. The monoisotopic (exact) mass is 206 g/mol. The summed E-state index contributed by atoms with van der Waals surface area (Å²) >= 11 is 0. The summed E-state index contributed by atoms with van der Waals surface area (Å²) in [6.07, 6.45) is 5.48. The van der Waals surface area contributed by atoms with Crippen LogP contribution in [0.3, 0.4) is 0 Å². The van der Waals surface area contributed by atoms with E-state index in [2.05, 4.69) is 17.2 Å². The molecule has 1 amide bonds. The van der Waals surface area contributed by atoms with Gasteiger partial charge in [0, 0.05) is 24.9 Å². The number of hydrogen-bond donors (Lipinski definition) is 1. The Morgan fingerprint density at radius 1 is 1.60 bits per heavy atom. The summed E-state index contributed by atoms with van der Waals surface area (Å²) in [6, 6.07) is 3.83. The summed E-state index contributed by atoms with van der Waals surface area (Å²) in [5, 5.41) is 2.90. The number of aromatic nitrogens is 1. The van der Waals surface area contributed by atoms with E-state index in [4.69, 9.17) is 0 Å². The third-order valence-corrected chi connectivity index (χ3v) is 2.36. The number of rotatable bonds is 5. The molecule has 0 spiro atoms. The zero-order valence-corrected chi connectivity index (χ0v) is 9.36. The minimum Gasteiger partial charge on any atom is -0.352 e. The number of carbonyl (C=O) groups is 1. The van der Waals surface area contributed by atoms with E-state index in [1.54, 1.807) is 12.4 Å². The van der Waals surface area contributed by atoms with Gasteiger partial charge in [-0.3, -0.25) is 9.78 Å². The van der Waals surface area contributed by atoms with Gasteiger partial charge in [-0.2, -0.15) is 0 Å². The van der Waals surface area contributed by atoms with Crippen LogP contribution in [0.25, 0.3) is 0 Å². The first-order chi connectivity index (χ1) is 7.24. The maximum atomic E-state index is 11.6. The Balaban J connectivity index is 2.34. The van der Waals surface area contributed by atoms with Gasteiger partial charge in [-0.15, -0.1) is 0 Å². The van der Waals surface area contributed by atoms with Crippen LogP contribution in [-0.4, -0.2) is 10.9 Å². The normalized spacial score (nSPS) is 12.1. The molecule has 0 unspecified atom stereocenters. The fourth-order valence-electron chi connectivity index (χ4n) is 1.43. The van der Waals surface area contributed by atoms with Crippen molar-refractivity contribution >= 4 is 5.91 Å². The molecule has 0 saturated heterocycles. The molecule has 0 aliphatic heterocycles. The quantitative estimate of drug-likeness (QED) is 0.802. The standard InChI is InChI=1S/C12H18N2O/c1-3-5-10(2)12(15)14-9-11-6-4-7-13-8-11/h4,6-8,10H,3,5,9H2,1-2H3,(H,14,15)/t10-/m1/s1. The lowest BCUT2D eigenvalue weighted by molar-refractivity contribution is -0.124. The van der Waals surface area contributed by atoms with Crippen LogP contribution in [0.1, 0.15) is 32.3 Å². The van der Waals surface area contributed by atoms with Crippen LogP contribution < -0.4 is 5.32 Å². The molecule has 1 aromatic heterocycles. The van der Waals surface area contributed by atoms with Gasteiger partial charge in [0.25, 0.3) is 0 Å². The van der Waals surface area contributed by atoms with Crippen LogP contribution in [0.2, 0.25) is 0 Å². The number of nitrogens with one attached hydrogen (secondary N) is 1. The number of pyridine rings is 1. The Labute approximate surface area is 90.9 Å². The highest BCUT2D eigenvalue weighted by atomic mass is 16.1. The molecule has 0 aliphatic rings. The minimum absolute atomic E-state index is 0.103. The molecule has 0 radical (unpaired) electrons. The topological polar surface area (TPSA) is 42.0 Å². The van der Waals surface area contributed by atoms with Crippen LogP contribution in [-0.2, 0) is 11.3 Å².